The Morgan fingerprint density at radius 3 is 2.88 bits per heavy atom. The van der Waals surface area contributed by atoms with E-state index in [0.29, 0.717) is 36.8 Å². The van der Waals surface area contributed by atoms with Crippen LogP contribution in [0.1, 0.15) is 17.3 Å². The van der Waals surface area contributed by atoms with E-state index in [1.54, 1.807) is 18.3 Å². The largest absolute Gasteiger partial charge is 0.491 e. The number of nitrogens with zero attached hydrogens (tertiary/aromatic N) is 1. The SMILES string of the molecule is CCOCCOc1cccc(NC(=O)c2ccc3ncccc3c2)c1. The maximum atomic E-state index is 12.5. The van der Waals surface area contributed by atoms with E-state index in [0.717, 1.165) is 10.9 Å². The number of aromatic nitrogens is 1. The highest BCUT2D eigenvalue weighted by molar-refractivity contribution is 6.06. The summed E-state index contributed by atoms with van der Waals surface area (Å²) >= 11 is 0. The van der Waals surface area contributed by atoms with E-state index in [4.69, 9.17) is 9.47 Å². The Labute approximate surface area is 146 Å². The minimum Gasteiger partial charge on any atom is -0.491 e. The highest BCUT2D eigenvalue weighted by atomic mass is 16.5. The van der Waals surface area contributed by atoms with E-state index in [1.807, 2.05) is 49.4 Å². The molecule has 0 aliphatic rings. The molecule has 0 unspecified atom stereocenters. The van der Waals surface area contributed by atoms with E-state index in [-0.39, 0.29) is 5.91 Å². The van der Waals surface area contributed by atoms with E-state index >= 15 is 0 Å². The number of amides is 1. The van der Waals surface area contributed by atoms with E-state index < -0.39 is 0 Å². The van der Waals surface area contributed by atoms with Crippen molar-refractivity contribution < 1.29 is 14.3 Å². The lowest BCUT2D eigenvalue weighted by atomic mass is 10.1. The monoisotopic (exact) mass is 336 g/mol. The van der Waals surface area contributed by atoms with Crippen LogP contribution in [0.4, 0.5) is 5.69 Å². The number of anilines is 1. The Hall–Kier alpha value is -2.92. The van der Waals surface area contributed by atoms with Gasteiger partial charge in [0.1, 0.15) is 12.4 Å². The fourth-order valence-electron chi connectivity index (χ4n) is 2.45. The van der Waals surface area contributed by atoms with Crippen LogP contribution in [0.3, 0.4) is 0 Å². The van der Waals surface area contributed by atoms with Gasteiger partial charge in [0.05, 0.1) is 12.1 Å². The molecule has 0 bridgehead atoms. The van der Waals surface area contributed by atoms with Gasteiger partial charge in [0, 0.05) is 35.5 Å². The second-order valence-corrected chi connectivity index (χ2v) is 5.44. The van der Waals surface area contributed by atoms with Gasteiger partial charge in [-0.3, -0.25) is 9.78 Å². The molecule has 3 rings (SSSR count). The van der Waals surface area contributed by atoms with Crippen LogP contribution in [0.25, 0.3) is 10.9 Å². The smallest absolute Gasteiger partial charge is 0.255 e. The zero-order valence-electron chi connectivity index (χ0n) is 14.1. The van der Waals surface area contributed by atoms with E-state index in [1.165, 1.54) is 0 Å². The first kappa shape index (κ1) is 16.9. The highest BCUT2D eigenvalue weighted by Gasteiger charge is 2.08. The fraction of sp³-hybridized carbons (Fsp3) is 0.200. The Balaban J connectivity index is 1.67. The van der Waals surface area contributed by atoms with E-state index in [9.17, 15) is 4.79 Å². The molecule has 2 aromatic carbocycles. The Bertz CT molecular complexity index is 864. The van der Waals surface area contributed by atoms with Crippen LogP contribution in [0.15, 0.2) is 60.8 Å². The normalized spacial score (nSPS) is 10.6. The minimum absolute atomic E-state index is 0.169. The molecular formula is C20H20N2O3. The van der Waals surface area contributed by atoms with Crippen LogP contribution in [-0.2, 0) is 4.74 Å². The number of rotatable bonds is 7. The van der Waals surface area contributed by atoms with Gasteiger partial charge in [-0.1, -0.05) is 12.1 Å². The predicted octanol–water partition coefficient (Wildman–Crippen LogP) is 3.90. The molecule has 5 heteroatoms. The van der Waals surface area contributed by atoms with Crippen LogP contribution in [0.5, 0.6) is 5.75 Å². The number of ether oxygens (including phenoxy) is 2. The maximum Gasteiger partial charge on any atom is 0.255 e. The summed E-state index contributed by atoms with van der Waals surface area (Å²) in [5, 5.41) is 3.83. The third-order valence-electron chi connectivity index (χ3n) is 3.66. The van der Waals surface area contributed by atoms with Crippen molar-refractivity contribution in [2.75, 3.05) is 25.1 Å². The third kappa shape index (κ3) is 4.55. The zero-order valence-corrected chi connectivity index (χ0v) is 14.1. The van der Waals surface area contributed by atoms with Gasteiger partial charge in [-0.15, -0.1) is 0 Å². The maximum absolute atomic E-state index is 12.5. The summed E-state index contributed by atoms with van der Waals surface area (Å²) < 4.78 is 10.9. The van der Waals surface area contributed by atoms with Gasteiger partial charge in [0.2, 0.25) is 0 Å². The zero-order chi connectivity index (χ0) is 17.5. The van der Waals surface area contributed by atoms with Crippen LogP contribution in [0, 0.1) is 0 Å². The Morgan fingerprint density at radius 1 is 1.08 bits per heavy atom. The van der Waals surface area contributed by atoms with Crippen molar-refractivity contribution in [2.45, 2.75) is 6.92 Å². The van der Waals surface area contributed by atoms with Gasteiger partial charge in [-0.25, -0.2) is 0 Å². The summed E-state index contributed by atoms with van der Waals surface area (Å²) in [6.45, 7) is 3.63. The van der Waals surface area contributed by atoms with E-state index in [2.05, 4.69) is 10.3 Å². The average molecular weight is 336 g/mol. The van der Waals surface area contributed by atoms with Crippen molar-refractivity contribution in [3.8, 4) is 5.75 Å². The molecule has 0 radical (unpaired) electrons. The lowest BCUT2D eigenvalue weighted by Gasteiger charge is -2.09. The molecule has 128 valence electrons. The van der Waals surface area contributed by atoms with Crippen LogP contribution in [-0.4, -0.2) is 30.7 Å². The van der Waals surface area contributed by atoms with Gasteiger partial charge < -0.3 is 14.8 Å². The van der Waals surface area contributed by atoms with Crippen LogP contribution < -0.4 is 10.1 Å². The summed E-state index contributed by atoms with van der Waals surface area (Å²) in [6.07, 6.45) is 1.74. The second kappa shape index (κ2) is 8.26. The van der Waals surface area contributed by atoms with Gasteiger partial charge >= 0.3 is 0 Å². The van der Waals surface area contributed by atoms with Crippen LogP contribution >= 0.6 is 0 Å². The molecule has 1 heterocycles. The molecular weight excluding hydrogens is 316 g/mol. The lowest BCUT2D eigenvalue weighted by molar-refractivity contribution is 0.102. The lowest BCUT2D eigenvalue weighted by Crippen LogP contribution is -2.12. The summed E-state index contributed by atoms with van der Waals surface area (Å²) in [7, 11) is 0. The topological polar surface area (TPSA) is 60.5 Å². The van der Waals surface area contributed by atoms with Gasteiger partial charge in [-0.2, -0.15) is 0 Å². The number of nitrogens with one attached hydrogen (secondary N) is 1. The third-order valence-corrected chi connectivity index (χ3v) is 3.66. The summed E-state index contributed by atoms with van der Waals surface area (Å²) in [6, 6.07) is 16.6. The van der Waals surface area contributed by atoms with Gasteiger partial charge in [0.25, 0.3) is 5.91 Å². The Morgan fingerprint density at radius 2 is 2.00 bits per heavy atom. The molecule has 0 aliphatic heterocycles. The van der Waals surface area contributed by atoms with Crippen molar-refractivity contribution in [1.82, 2.24) is 4.98 Å². The molecule has 1 N–H and O–H groups in total. The first-order valence-corrected chi connectivity index (χ1v) is 8.23. The summed E-state index contributed by atoms with van der Waals surface area (Å²) in [4.78, 5) is 16.7. The molecule has 0 fully saturated rings. The van der Waals surface area contributed by atoms with Crippen molar-refractivity contribution in [3.63, 3.8) is 0 Å². The van der Waals surface area contributed by atoms with Crippen molar-refractivity contribution in [1.29, 1.82) is 0 Å². The number of fused-ring (bicyclic) bond motifs is 1. The van der Waals surface area contributed by atoms with Crippen molar-refractivity contribution >= 4 is 22.5 Å². The first-order valence-electron chi connectivity index (χ1n) is 8.23. The second-order valence-electron chi connectivity index (χ2n) is 5.44. The quantitative estimate of drug-likeness (QED) is 0.665. The molecule has 1 aromatic heterocycles. The molecule has 3 aromatic rings. The molecule has 1 amide bonds. The molecule has 0 aliphatic carbocycles. The number of hydrogen-bond acceptors (Lipinski definition) is 4. The van der Waals surface area contributed by atoms with Crippen molar-refractivity contribution in [2.24, 2.45) is 0 Å². The molecule has 0 saturated carbocycles. The van der Waals surface area contributed by atoms with Gasteiger partial charge in [-0.05, 0) is 43.3 Å². The number of carbonyl (C=O) groups is 1. The fourth-order valence-corrected chi connectivity index (χ4v) is 2.45. The number of carbonyl (C=O) groups excluding carboxylic acids is 1. The van der Waals surface area contributed by atoms with Crippen molar-refractivity contribution in [3.05, 3.63) is 66.4 Å². The standard InChI is InChI=1S/C20H20N2O3/c1-2-24-11-12-25-18-7-3-6-17(14-18)22-20(23)16-8-9-19-15(13-16)5-4-10-21-19/h3-10,13-14H,2,11-12H2,1H3,(H,22,23). The van der Waals surface area contributed by atoms with Crippen LogP contribution in [0.2, 0.25) is 0 Å². The molecule has 0 saturated heterocycles. The minimum atomic E-state index is -0.169. The number of benzene rings is 2. The first-order chi connectivity index (χ1) is 12.3. The summed E-state index contributed by atoms with van der Waals surface area (Å²) in [5.74, 6) is 0.525. The highest BCUT2D eigenvalue weighted by Crippen LogP contribution is 2.19. The molecule has 0 spiro atoms. The molecule has 0 atom stereocenters. The molecule has 25 heavy (non-hydrogen) atoms. The Kier molecular flexibility index (Phi) is 5.59. The average Bonchev–Trinajstić information content (AvgIpc) is 2.65. The summed E-state index contributed by atoms with van der Waals surface area (Å²) in [5.41, 5.74) is 2.14. The van der Waals surface area contributed by atoms with Gasteiger partial charge in [0.15, 0.2) is 0 Å². The number of hydrogen-bond donors (Lipinski definition) is 1. The predicted molar refractivity (Wildman–Crippen MR) is 98.1 cm³/mol. The number of pyridine rings is 1. The molecule has 5 nitrogen and oxygen atoms in total.